The number of halogens is 1. The van der Waals surface area contributed by atoms with Gasteiger partial charge in [0.05, 0.1) is 3.79 Å². The molecular weight excluding hydrogens is 322 g/mol. The van der Waals surface area contributed by atoms with Crippen molar-refractivity contribution in [2.24, 2.45) is 0 Å². The van der Waals surface area contributed by atoms with Crippen molar-refractivity contribution in [2.45, 2.75) is 49.3 Å². The summed E-state index contributed by atoms with van der Waals surface area (Å²) in [5, 5.41) is 0. The van der Waals surface area contributed by atoms with Crippen molar-refractivity contribution in [3.63, 3.8) is 0 Å². The molecule has 1 aliphatic rings. The molecule has 0 amide bonds. The number of hydrogen-bond donors (Lipinski definition) is 1. The van der Waals surface area contributed by atoms with Crippen LogP contribution in [0.5, 0.6) is 0 Å². The van der Waals surface area contributed by atoms with Gasteiger partial charge in [-0.25, -0.2) is 13.1 Å². The predicted molar refractivity (Wildman–Crippen MR) is 74.0 cm³/mol. The minimum Gasteiger partial charge on any atom is -0.206 e. The average molecular weight is 338 g/mol. The molecule has 0 aromatic carbocycles. The molecule has 1 heterocycles. The molecule has 1 aliphatic carbocycles. The third kappa shape index (κ3) is 2.92. The second kappa shape index (κ2) is 4.64. The number of thiophene rings is 1. The van der Waals surface area contributed by atoms with Crippen LogP contribution in [0.15, 0.2) is 14.1 Å². The zero-order chi connectivity index (χ0) is 12.7. The molecule has 0 aliphatic heterocycles. The van der Waals surface area contributed by atoms with E-state index in [0.717, 1.165) is 35.0 Å². The van der Waals surface area contributed by atoms with Gasteiger partial charge in [-0.2, -0.15) is 0 Å². The number of aryl methyl sites for hydroxylation is 1. The fourth-order valence-corrected chi connectivity index (χ4v) is 5.89. The highest BCUT2D eigenvalue weighted by Crippen LogP contribution is 2.34. The Kier molecular flexibility index (Phi) is 3.69. The van der Waals surface area contributed by atoms with Gasteiger partial charge in [-0.1, -0.05) is 12.8 Å². The molecule has 17 heavy (non-hydrogen) atoms. The van der Waals surface area contributed by atoms with Crippen molar-refractivity contribution < 1.29 is 8.42 Å². The van der Waals surface area contributed by atoms with Crippen LogP contribution < -0.4 is 4.72 Å². The SMILES string of the molecule is Cc1cc(S(=O)(=O)NC2(C)CCCC2)sc1Br. The van der Waals surface area contributed by atoms with E-state index in [1.807, 2.05) is 13.8 Å². The van der Waals surface area contributed by atoms with Crippen molar-refractivity contribution in [2.75, 3.05) is 0 Å². The normalized spacial score (nSPS) is 19.7. The van der Waals surface area contributed by atoms with E-state index in [2.05, 4.69) is 20.7 Å². The quantitative estimate of drug-likeness (QED) is 0.918. The Morgan fingerprint density at radius 1 is 1.41 bits per heavy atom. The van der Waals surface area contributed by atoms with Crippen LogP contribution in [-0.2, 0) is 10.0 Å². The van der Waals surface area contributed by atoms with E-state index in [0.29, 0.717) is 4.21 Å². The van der Waals surface area contributed by atoms with Gasteiger partial charge < -0.3 is 0 Å². The Morgan fingerprint density at radius 3 is 2.47 bits per heavy atom. The lowest BCUT2D eigenvalue weighted by atomic mass is 10.0. The first-order valence-corrected chi connectivity index (χ1v) is 8.72. The fraction of sp³-hybridized carbons (Fsp3) is 0.636. The lowest BCUT2D eigenvalue weighted by Gasteiger charge is -2.24. The maximum absolute atomic E-state index is 12.2. The molecular formula is C11H16BrNO2S2. The predicted octanol–water partition coefficient (Wildman–Crippen LogP) is 3.43. The highest BCUT2D eigenvalue weighted by molar-refractivity contribution is 9.11. The lowest BCUT2D eigenvalue weighted by molar-refractivity contribution is 0.428. The van der Waals surface area contributed by atoms with Gasteiger partial charge in [-0.05, 0) is 54.2 Å². The van der Waals surface area contributed by atoms with Gasteiger partial charge in [0.1, 0.15) is 4.21 Å². The highest BCUT2D eigenvalue weighted by Gasteiger charge is 2.34. The Hall–Kier alpha value is 0.0900. The van der Waals surface area contributed by atoms with Crippen LogP contribution in [0, 0.1) is 6.92 Å². The molecule has 1 aromatic rings. The third-order valence-electron chi connectivity index (χ3n) is 3.19. The molecule has 1 aromatic heterocycles. The first kappa shape index (κ1) is 13.5. The van der Waals surface area contributed by atoms with E-state index < -0.39 is 10.0 Å². The molecule has 0 bridgehead atoms. The molecule has 0 spiro atoms. The molecule has 96 valence electrons. The highest BCUT2D eigenvalue weighted by atomic mass is 79.9. The van der Waals surface area contributed by atoms with Crippen molar-refractivity contribution in [3.8, 4) is 0 Å². The van der Waals surface area contributed by atoms with Crippen LogP contribution in [0.25, 0.3) is 0 Å². The summed E-state index contributed by atoms with van der Waals surface area (Å²) < 4.78 is 28.6. The molecule has 0 atom stereocenters. The second-order valence-electron chi connectivity index (χ2n) is 4.90. The number of rotatable bonds is 3. The van der Waals surface area contributed by atoms with Gasteiger partial charge in [0.2, 0.25) is 0 Å². The smallest absolute Gasteiger partial charge is 0.206 e. The van der Waals surface area contributed by atoms with E-state index in [1.165, 1.54) is 11.3 Å². The minimum absolute atomic E-state index is 0.261. The Bertz CT molecular complexity index is 496. The van der Waals surface area contributed by atoms with E-state index in [4.69, 9.17) is 0 Å². The zero-order valence-electron chi connectivity index (χ0n) is 9.92. The minimum atomic E-state index is -3.37. The second-order valence-corrected chi connectivity index (χ2v) is 9.17. The maximum atomic E-state index is 12.2. The largest absolute Gasteiger partial charge is 0.250 e. The first-order valence-electron chi connectivity index (χ1n) is 5.62. The number of hydrogen-bond acceptors (Lipinski definition) is 3. The first-order chi connectivity index (χ1) is 7.82. The van der Waals surface area contributed by atoms with Crippen molar-refractivity contribution in [1.29, 1.82) is 0 Å². The van der Waals surface area contributed by atoms with E-state index in [9.17, 15) is 8.42 Å². The third-order valence-corrected chi connectivity index (χ3v) is 7.44. The lowest BCUT2D eigenvalue weighted by Crippen LogP contribution is -2.43. The summed E-state index contributed by atoms with van der Waals surface area (Å²) >= 11 is 4.63. The summed E-state index contributed by atoms with van der Waals surface area (Å²) in [5.74, 6) is 0. The van der Waals surface area contributed by atoms with Crippen LogP contribution in [-0.4, -0.2) is 14.0 Å². The summed E-state index contributed by atoms with van der Waals surface area (Å²) in [5.41, 5.74) is 0.704. The summed E-state index contributed by atoms with van der Waals surface area (Å²) in [7, 11) is -3.37. The average Bonchev–Trinajstić information content (AvgIpc) is 2.74. The topological polar surface area (TPSA) is 46.2 Å². The summed E-state index contributed by atoms with van der Waals surface area (Å²) in [4.78, 5) is 0. The molecule has 0 radical (unpaired) electrons. The molecule has 1 saturated carbocycles. The Balaban J connectivity index is 2.24. The Morgan fingerprint density at radius 2 is 2.00 bits per heavy atom. The fourth-order valence-electron chi connectivity index (χ4n) is 2.20. The van der Waals surface area contributed by atoms with Gasteiger partial charge >= 0.3 is 0 Å². The molecule has 3 nitrogen and oxygen atoms in total. The molecule has 0 saturated heterocycles. The van der Waals surface area contributed by atoms with Crippen LogP contribution >= 0.6 is 27.3 Å². The van der Waals surface area contributed by atoms with Gasteiger partial charge in [0.25, 0.3) is 10.0 Å². The molecule has 6 heteroatoms. The van der Waals surface area contributed by atoms with E-state index in [1.54, 1.807) is 6.07 Å². The summed E-state index contributed by atoms with van der Waals surface area (Å²) in [6, 6.07) is 1.72. The number of sulfonamides is 1. The van der Waals surface area contributed by atoms with Crippen LogP contribution in [0.4, 0.5) is 0 Å². The van der Waals surface area contributed by atoms with Gasteiger partial charge in [-0.3, -0.25) is 0 Å². The standard InChI is InChI=1S/C11H16BrNO2S2/c1-8-7-9(16-10(8)12)17(14,15)13-11(2)5-3-4-6-11/h7,13H,3-6H2,1-2H3. The molecule has 0 unspecified atom stereocenters. The van der Waals surface area contributed by atoms with Gasteiger partial charge in [0.15, 0.2) is 0 Å². The summed E-state index contributed by atoms with van der Waals surface area (Å²) in [6.45, 7) is 3.89. The van der Waals surface area contributed by atoms with Crippen LogP contribution in [0.1, 0.15) is 38.2 Å². The molecule has 1 fully saturated rings. The van der Waals surface area contributed by atoms with Crippen molar-refractivity contribution in [3.05, 3.63) is 15.4 Å². The maximum Gasteiger partial charge on any atom is 0.250 e. The van der Waals surface area contributed by atoms with Crippen molar-refractivity contribution in [1.82, 2.24) is 4.72 Å². The van der Waals surface area contributed by atoms with E-state index in [-0.39, 0.29) is 5.54 Å². The molecule has 2 rings (SSSR count). The van der Waals surface area contributed by atoms with Crippen molar-refractivity contribution >= 4 is 37.3 Å². The Labute approximate surface area is 115 Å². The van der Waals surface area contributed by atoms with Gasteiger partial charge in [0, 0.05) is 5.54 Å². The van der Waals surface area contributed by atoms with E-state index >= 15 is 0 Å². The van der Waals surface area contributed by atoms with Gasteiger partial charge in [-0.15, -0.1) is 11.3 Å². The van der Waals surface area contributed by atoms with Crippen LogP contribution in [0.2, 0.25) is 0 Å². The molecule has 1 N–H and O–H groups in total. The number of nitrogens with one attached hydrogen (secondary N) is 1. The summed E-state index contributed by atoms with van der Waals surface area (Å²) in [6.07, 6.45) is 4.06. The van der Waals surface area contributed by atoms with Crippen LogP contribution in [0.3, 0.4) is 0 Å². The monoisotopic (exact) mass is 337 g/mol. The zero-order valence-corrected chi connectivity index (χ0v) is 13.1.